The maximum absolute atomic E-state index is 11.8. The molecular weight excluding hydrogens is 305 g/mol. The number of aromatic nitrogens is 2. The number of halogens is 1. The average Bonchev–Trinajstić information content (AvgIpc) is 2.19. The van der Waals surface area contributed by atoms with Crippen LogP contribution in [0.1, 0.15) is 5.82 Å². The summed E-state index contributed by atoms with van der Waals surface area (Å²) in [4.78, 5) is 15.9. The van der Waals surface area contributed by atoms with Crippen molar-refractivity contribution in [3.63, 3.8) is 0 Å². The zero-order valence-corrected chi connectivity index (χ0v) is 11.0. The van der Waals surface area contributed by atoms with Crippen LogP contribution in [0.25, 0.3) is 0 Å². The zero-order valence-electron chi connectivity index (χ0n) is 8.88. The van der Waals surface area contributed by atoms with Crippen LogP contribution in [-0.2, 0) is 6.54 Å². The Kier molecular flexibility index (Phi) is 4.46. The highest BCUT2D eigenvalue weighted by atomic mass is 127. The molecule has 0 radical (unpaired) electrons. The molecule has 0 atom stereocenters. The van der Waals surface area contributed by atoms with Gasteiger partial charge in [-0.2, -0.15) is 0 Å². The summed E-state index contributed by atoms with van der Waals surface area (Å²) < 4.78 is 2.28. The van der Waals surface area contributed by atoms with Crippen LogP contribution in [0, 0.1) is 10.5 Å². The summed E-state index contributed by atoms with van der Waals surface area (Å²) >= 11 is 1.99. The summed E-state index contributed by atoms with van der Waals surface area (Å²) in [5.41, 5.74) is 0.965. The molecule has 0 saturated carbocycles. The highest BCUT2D eigenvalue weighted by Crippen LogP contribution is 2.00. The standard InChI is InChI=1S/C10H14IN3O/c1-7(4-12-3)6-14-8(2)13-5-9(11)10(14)15/h5,12H,1,4,6H2,2-3H3. The van der Waals surface area contributed by atoms with Gasteiger partial charge in [0.15, 0.2) is 0 Å². The van der Waals surface area contributed by atoms with Crippen molar-refractivity contribution < 1.29 is 0 Å². The molecule has 1 heterocycles. The topological polar surface area (TPSA) is 46.9 Å². The Morgan fingerprint density at radius 1 is 1.73 bits per heavy atom. The first-order valence-corrected chi connectivity index (χ1v) is 5.67. The number of likely N-dealkylation sites (N-methyl/N-ethyl adjacent to an activating group) is 1. The fourth-order valence-corrected chi connectivity index (χ4v) is 1.70. The fourth-order valence-electron chi connectivity index (χ4n) is 1.27. The number of rotatable bonds is 4. The van der Waals surface area contributed by atoms with E-state index in [-0.39, 0.29) is 5.56 Å². The van der Waals surface area contributed by atoms with E-state index >= 15 is 0 Å². The van der Waals surface area contributed by atoms with E-state index < -0.39 is 0 Å². The van der Waals surface area contributed by atoms with Crippen molar-refractivity contribution in [2.24, 2.45) is 0 Å². The van der Waals surface area contributed by atoms with E-state index in [2.05, 4.69) is 16.9 Å². The average molecular weight is 319 g/mol. The quantitative estimate of drug-likeness (QED) is 0.663. The predicted molar refractivity (Wildman–Crippen MR) is 69.0 cm³/mol. The van der Waals surface area contributed by atoms with Gasteiger partial charge in [-0.05, 0) is 42.1 Å². The molecule has 1 aromatic rings. The zero-order chi connectivity index (χ0) is 11.4. The van der Waals surface area contributed by atoms with Crippen LogP contribution >= 0.6 is 22.6 Å². The molecule has 0 unspecified atom stereocenters. The van der Waals surface area contributed by atoms with Crippen LogP contribution in [0.4, 0.5) is 0 Å². The molecule has 1 N–H and O–H groups in total. The van der Waals surface area contributed by atoms with Crippen molar-refractivity contribution in [3.05, 3.63) is 38.1 Å². The van der Waals surface area contributed by atoms with E-state index in [1.54, 1.807) is 10.8 Å². The third kappa shape index (κ3) is 3.13. The molecule has 82 valence electrons. The summed E-state index contributed by atoms with van der Waals surface area (Å²) in [6, 6.07) is 0. The minimum atomic E-state index is 0.000327. The number of nitrogens with zero attached hydrogens (tertiary/aromatic N) is 2. The summed E-state index contributed by atoms with van der Waals surface area (Å²) in [5.74, 6) is 0.720. The van der Waals surface area contributed by atoms with Crippen LogP contribution in [0.5, 0.6) is 0 Å². The molecule has 15 heavy (non-hydrogen) atoms. The number of nitrogens with one attached hydrogen (secondary N) is 1. The lowest BCUT2D eigenvalue weighted by Crippen LogP contribution is -2.27. The minimum absolute atomic E-state index is 0.000327. The van der Waals surface area contributed by atoms with Gasteiger partial charge in [-0.3, -0.25) is 9.36 Å². The second-order valence-corrected chi connectivity index (χ2v) is 4.49. The van der Waals surface area contributed by atoms with Crippen molar-refractivity contribution in [2.75, 3.05) is 13.6 Å². The van der Waals surface area contributed by atoms with E-state index in [1.165, 1.54) is 0 Å². The van der Waals surface area contributed by atoms with E-state index in [9.17, 15) is 4.79 Å². The third-order valence-electron chi connectivity index (χ3n) is 2.01. The molecule has 0 aliphatic heterocycles. The number of hydrogen-bond donors (Lipinski definition) is 1. The lowest BCUT2D eigenvalue weighted by Gasteiger charge is -2.10. The lowest BCUT2D eigenvalue weighted by atomic mass is 10.3. The number of hydrogen-bond acceptors (Lipinski definition) is 3. The number of aryl methyl sites for hydroxylation is 1. The molecule has 1 aromatic heterocycles. The molecule has 5 heteroatoms. The Bertz CT molecular complexity index is 425. The first kappa shape index (κ1) is 12.4. The lowest BCUT2D eigenvalue weighted by molar-refractivity contribution is 0.665. The van der Waals surface area contributed by atoms with Gasteiger partial charge < -0.3 is 5.32 Å². The summed E-state index contributed by atoms with van der Waals surface area (Å²) in [5, 5.41) is 3.00. The van der Waals surface area contributed by atoms with Crippen molar-refractivity contribution in [2.45, 2.75) is 13.5 Å². The summed E-state index contributed by atoms with van der Waals surface area (Å²) in [6.45, 7) is 6.95. The van der Waals surface area contributed by atoms with Crippen molar-refractivity contribution in [1.29, 1.82) is 0 Å². The maximum atomic E-state index is 11.8. The predicted octanol–water partition coefficient (Wildman–Crippen LogP) is 0.932. The van der Waals surface area contributed by atoms with Gasteiger partial charge in [0, 0.05) is 19.3 Å². The molecule has 0 aliphatic carbocycles. The van der Waals surface area contributed by atoms with Crippen molar-refractivity contribution in [1.82, 2.24) is 14.9 Å². The summed E-state index contributed by atoms with van der Waals surface area (Å²) in [6.07, 6.45) is 1.59. The monoisotopic (exact) mass is 319 g/mol. The Labute approximate surface area is 103 Å². The Hall–Kier alpha value is -0.690. The van der Waals surface area contributed by atoms with Gasteiger partial charge in [-0.25, -0.2) is 4.98 Å². The SMILES string of the molecule is C=C(CNC)Cn1c(C)ncc(I)c1=O. The minimum Gasteiger partial charge on any atom is -0.316 e. The van der Waals surface area contributed by atoms with E-state index in [4.69, 9.17) is 0 Å². The smallest absolute Gasteiger partial charge is 0.267 e. The molecule has 0 amide bonds. The van der Waals surface area contributed by atoms with Gasteiger partial charge in [0.2, 0.25) is 0 Å². The van der Waals surface area contributed by atoms with Gasteiger partial charge in [-0.1, -0.05) is 6.58 Å². The van der Waals surface area contributed by atoms with Gasteiger partial charge in [-0.15, -0.1) is 0 Å². The van der Waals surface area contributed by atoms with Crippen molar-refractivity contribution in [3.8, 4) is 0 Å². The van der Waals surface area contributed by atoms with Gasteiger partial charge in [0.25, 0.3) is 5.56 Å². The third-order valence-corrected chi connectivity index (χ3v) is 2.75. The Balaban J connectivity index is 2.99. The normalized spacial score (nSPS) is 10.3. The van der Waals surface area contributed by atoms with E-state index in [1.807, 2.05) is 36.6 Å². The molecule has 0 aliphatic rings. The molecule has 0 bridgehead atoms. The molecular formula is C10H14IN3O. The fraction of sp³-hybridized carbons (Fsp3) is 0.400. The second kappa shape index (κ2) is 5.41. The molecule has 0 aromatic carbocycles. The first-order chi connectivity index (χ1) is 7.06. The van der Waals surface area contributed by atoms with Crippen molar-refractivity contribution >= 4 is 22.6 Å². The van der Waals surface area contributed by atoms with Gasteiger partial charge >= 0.3 is 0 Å². The van der Waals surface area contributed by atoms with Crippen LogP contribution in [0.2, 0.25) is 0 Å². The largest absolute Gasteiger partial charge is 0.316 e. The molecule has 1 rings (SSSR count). The highest BCUT2D eigenvalue weighted by Gasteiger charge is 2.05. The Morgan fingerprint density at radius 2 is 2.40 bits per heavy atom. The van der Waals surface area contributed by atoms with Crippen LogP contribution in [0.15, 0.2) is 23.1 Å². The van der Waals surface area contributed by atoms with Crippen LogP contribution < -0.4 is 10.9 Å². The maximum Gasteiger partial charge on any atom is 0.267 e. The molecule has 0 fully saturated rings. The van der Waals surface area contributed by atoms with Crippen LogP contribution in [0.3, 0.4) is 0 Å². The highest BCUT2D eigenvalue weighted by molar-refractivity contribution is 14.1. The molecule has 0 saturated heterocycles. The van der Waals surface area contributed by atoms with Crippen LogP contribution in [-0.4, -0.2) is 23.1 Å². The second-order valence-electron chi connectivity index (χ2n) is 3.32. The summed E-state index contributed by atoms with van der Waals surface area (Å²) in [7, 11) is 1.85. The van der Waals surface area contributed by atoms with E-state index in [0.717, 1.165) is 11.4 Å². The van der Waals surface area contributed by atoms with Gasteiger partial charge in [0.05, 0.1) is 3.57 Å². The van der Waals surface area contributed by atoms with E-state index in [0.29, 0.717) is 16.7 Å². The molecule has 0 spiro atoms. The molecule has 4 nitrogen and oxygen atoms in total. The first-order valence-electron chi connectivity index (χ1n) is 4.59. The van der Waals surface area contributed by atoms with Gasteiger partial charge in [0.1, 0.15) is 5.82 Å². The Morgan fingerprint density at radius 3 is 3.00 bits per heavy atom.